The number of carbonyl (C=O) groups is 2. The molecule has 3 aromatic carbocycles. The van der Waals surface area contributed by atoms with Crippen LogP contribution < -0.4 is 24.4 Å². The Bertz CT molecular complexity index is 1850. The first-order chi connectivity index (χ1) is 23.6. The molecule has 0 aliphatic carbocycles. The van der Waals surface area contributed by atoms with E-state index in [-0.39, 0.29) is 31.3 Å². The van der Waals surface area contributed by atoms with Gasteiger partial charge in [-0.1, -0.05) is 17.7 Å². The third kappa shape index (κ3) is 9.17. The lowest BCUT2D eigenvalue weighted by Gasteiger charge is -2.28. The van der Waals surface area contributed by atoms with Crippen LogP contribution in [-0.2, 0) is 20.7 Å². The first-order valence-electron chi connectivity index (χ1n) is 15.8. The molecule has 4 aromatic rings. The summed E-state index contributed by atoms with van der Waals surface area (Å²) in [4.78, 5) is 32.4. The third-order valence-electron chi connectivity index (χ3n) is 7.66. The summed E-state index contributed by atoms with van der Waals surface area (Å²) in [5, 5.41) is 7.83. The van der Waals surface area contributed by atoms with Gasteiger partial charge in [-0.3, -0.25) is 9.59 Å². The van der Waals surface area contributed by atoms with Gasteiger partial charge in [-0.05, 0) is 75.9 Å². The van der Waals surface area contributed by atoms with Gasteiger partial charge in [-0.15, -0.1) is 13.2 Å². The van der Waals surface area contributed by atoms with Gasteiger partial charge in [0.25, 0.3) is 5.91 Å². The van der Waals surface area contributed by atoms with E-state index in [1.54, 1.807) is 64.1 Å². The van der Waals surface area contributed by atoms with Crippen LogP contribution in [0.5, 0.6) is 17.2 Å². The van der Waals surface area contributed by atoms with E-state index in [2.05, 4.69) is 20.1 Å². The molecule has 1 aromatic heterocycles. The maximum Gasteiger partial charge on any atom is 0.573 e. The number of benzene rings is 3. The molecule has 11 nitrogen and oxygen atoms in total. The van der Waals surface area contributed by atoms with Crippen LogP contribution in [0.2, 0.25) is 5.02 Å². The number of ether oxygens (including phenoxy) is 4. The van der Waals surface area contributed by atoms with E-state index in [0.717, 1.165) is 5.56 Å². The standard InChI is InChI=1S/C35H37ClF3N5O6/c1-21-13-26(49-35(37,38)39)18-29-27(21)10-11-43(29)33(46)32(42-23-15-24(17-25(16-23)47-5)44-20-40-19-41-44)28-9-8-22(36)14-30(28)48-12-6-7-31(45)50-34(2,3)4/h8-9,13-20,32,42H,6-7,10-12H2,1-5H3. The van der Waals surface area contributed by atoms with Crippen molar-refractivity contribution in [2.24, 2.45) is 0 Å². The van der Waals surface area contributed by atoms with Gasteiger partial charge in [-0.25, -0.2) is 9.67 Å². The van der Waals surface area contributed by atoms with Gasteiger partial charge in [0.05, 0.1) is 25.1 Å². The molecule has 1 N–H and O–H groups in total. The Labute approximate surface area is 292 Å². The minimum Gasteiger partial charge on any atom is -0.497 e. The second-order valence-corrected chi connectivity index (χ2v) is 13.0. The van der Waals surface area contributed by atoms with Gasteiger partial charge in [-0.2, -0.15) is 5.10 Å². The Balaban J connectivity index is 1.52. The van der Waals surface area contributed by atoms with Crippen LogP contribution in [0.15, 0.2) is 61.2 Å². The van der Waals surface area contributed by atoms with Crippen LogP contribution in [0.1, 0.15) is 56.3 Å². The van der Waals surface area contributed by atoms with E-state index in [1.807, 2.05) is 0 Å². The maximum atomic E-state index is 14.7. The average molecular weight is 716 g/mol. The van der Waals surface area contributed by atoms with E-state index >= 15 is 0 Å². The fourth-order valence-corrected chi connectivity index (χ4v) is 5.78. The van der Waals surface area contributed by atoms with Gasteiger partial charge >= 0.3 is 12.3 Å². The Morgan fingerprint density at radius 1 is 1.06 bits per heavy atom. The normalized spacial score (nSPS) is 13.4. The number of amides is 1. The quantitative estimate of drug-likeness (QED) is 0.118. The highest BCUT2D eigenvalue weighted by molar-refractivity contribution is 6.30. The summed E-state index contributed by atoms with van der Waals surface area (Å²) in [6, 6.07) is 11.4. The molecular weight excluding hydrogens is 679 g/mol. The van der Waals surface area contributed by atoms with Crippen molar-refractivity contribution >= 4 is 34.9 Å². The Kier molecular flexibility index (Phi) is 10.8. The van der Waals surface area contributed by atoms with Crippen LogP contribution in [0.4, 0.5) is 24.5 Å². The van der Waals surface area contributed by atoms with E-state index in [1.165, 1.54) is 41.5 Å². The largest absolute Gasteiger partial charge is 0.573 e. The SMILES string of the molecule is COc1cc(NC(C(=O)N2CCc3c(C)cc(OC(F)(F)F)cc32)c2ccc(Cl)cc2OCCCC(=O)OC(C)(C)C)cc(-n2cncn2)c1. The number of alkyl halides is 3. The first-order valence-corrected chi connectivity index (χ1v) is 16.1. The lowest BCUT2D eigenvalue weighted by atomic mass is 10.0. The summed E-state index contributed by atoms with van der Waals surface area (Å²) in [6.07, 6.45) is -1.17. The first kappa shape index (κ1) is 36.3. The molecule has 0 radical (unpaired) electrons. The number of rotatable bonds is 12. The van der Waals surface area contributed by atoms with Gasteiger partial charge in [0, 0.05) is 47.4 Å². The van der Waals surface area contributed by atoms with Crippen LogP contribution in [-0.4, -0.2) is 58.9 Å². The summed E-state index contributed by atoms with van der Waals surface area (Å²) in [7, 11) is 1.50. The van der Waals surface area contributed by atoms with E-state index in [0.29, 0.717) is 51.8 Å². The van der Waals surface area contributed by atoms with Crippen molar-refractivity contribution in [1.29, 1.82) is 0 Å². The number of nitrogens with zero attached hydrogens (tertiary/aromatic N) is 4. The molecule has 1 unspecified atom stereocenters. The van der Waals surface area contributed by atoms with Crippen molar-refractivity contribution in [2.45, 2.75) is 65.0 Å². The van der Waals surface area contributed by atoms with Crippen molar-refractivity contribution in [2.75, 3.05) is 30.5 Å². The number of methoxy groups -OCH3 is 1. The smallest absolute Gasteiger partial charge is 0.497 e. The number of nitrogens with one attached hydrogen (secondary N) is 1. The Morgan fingerprint density at radius 2 is 1.84 bits per heavy atom. The molecule has 15 heteroatoms. The zero-order valence-corrected chi connectivity index (χ0v) is 28.9. The number of esters is 1. The van der Waals surface area contributed by atoms with E-state index in [9.17, 15) is 22.8 Å². The van der Waals surface area contributed by atoms with Crippen molar-refractivity contribution in [3.8, 4) is 22.9 Å². The Hall–Kier alpha value is -4.98. The topological polar surface area (TPSA) is 117 Å². The molecule has 0 fully saturated rings. The molecule has 2 heterocycles. The number of hydrogen-bond acceptors (Lipinski definition) is 9. The third-order valence-corrected chi connectivity index (χ3v) is 7.89. The van der Waals surface area contributed by atoms with Crippen molar-refractivity contribution in [1.82, 2.24) is 14.8 Å². The van der Waals surface area contributed by atoms with Crippen molar-refractivity contribution < 1.29 is 41.7 Å². The summed E-state index contributed by atoms with van der Waals surface area (Å²) in [5.41, 5.74) is 2.42. The zero-order chi connectivity index (χ0) is 36.2. The van der Waals surface area contributed by atoms with Crippen LogP contribution in [0.25, 0.3) is 5.69 Å². The highest BCUT2D eigenvalue weighted by Crippen LogP contribution is 2.40. The Morgan fingerprint density at radius 3 is 2.52 bits per heavy atom. The lowest BCUT2D eigenvalue weighted by molar-refractivity contribution is -0.274. The highest BCUT2D eigenvalue weighted by atomic mass is 35.5. The molecule has 0 saturated heterocycles. The number of carbonyl (C=O) groups excluding carboxylic acids is 2. The van der Waals surface area contributed by atoms with E-state index < -0.39 is 29.7 Å². The van der Waals surface area contributed by atoms with Crippen molar-refractivity contribution in [3.05, 3.63) is 82.9 Å². The van der Waals surface area contributed by atoms with Gasteiger partial charge in [0.2, 0.25) is 0 Å². The molecule has 1 aliphatic rings. The summed E-state index contributed by atoms with van der Waals surface area (Å²) in [6.45, 7) is 7.34. The predicted octanol–water partition coefficient (Wildman–Crippen LogP) is 7.38. The number of fused-ring (bicyclic) bond motifs is 1. The molecule has 266 valence electrons. The predicted molar refractivity (Wildman–Crippen MR) is 180 cm³/mol. The minimum absolute atomic E-state index is 0.104. The number of aromatic nitrogens is 3. The molecule has 1 atom stereocenters. The van der Waals surface area contributed by atoms with Crippen LogP contribution in [0.3, 0.4) is 0 Å². The van der Waals surface area contributed by atoms with Crippen LogP contribution >= 0.6 is 11.6 Å². The van der Waals surface area contributed by atoms with Gasteiger partial charge < -0.3 is 29.2 Å². The summed E-state index contributed by atoms with van der Waals surface area (Å²) in [5.74, 6) is -0.545. The summed E-state index contributed by atoms with van der Waals surface area (Å²) >= 11 is 6.39. The fraction of sp³-hybridized carbons (Fsp3) is 0.371. The monoisotopic (exact) mass is 715 g/mol. The van der Waals surface area contributed by atoms with Crippen LogP contribution in [0, 0.1) is 6.92 Å². The molecule has 1 aliphatic heterocycles. The number of aryl methyl sites for hydroxylation is 1. The fourth-order valence-electron chi connectivity index (χ4n) is 5.61. The van der Waals surface area contributed by atoms with Gasteiger partial charge in [0.15, 0.2) is 0 Å². The van der Waals surface area contributed by atoms with Gasteiger partial charge in [0.1, 0.15) is 41.5 Å². The lowest BCUT2D eigenvalue weighted by Crippen LogP contribution is -2.37. The highest BCUT2D eigenvalue weighted by Gasteiger charge is 2.36. The van der Waals surface area contributed by atoms with E-state index in [4.69, 9.17) is 25.8 Å². The molecular formula is C35H37ClF3N5O6. The summed E-state index contributed by atoms with van der Waals surface area (Å²) < 4.78 is 62.4. The molecule has 0 saturated carbocycles. The number of hydrogen-bond donors (Lipinski definition) is 1. The second kappa shape index (κ2) is 14.9. The van der Waals surface area contributed by atoms with Crippen molar-refractivity contribution in [3.63, 3.8) is 0 Å². The molecule has 50 heavy (non-hydrogen) atoms. The number of halogens is 4. The number of anilines is 2. The molecule has 0 spiro atoms. The minimum atomic E-state index is -4.91. The average Bonchev–Trinajstić information content (AvgIpc) is 3.71. The second-order valence-electron chi connectivity index (χ2n) is 12.6. The molecule has 5 rings (SSSR count). The molecule has 0 bridgehead atoms. The molecule has 1 amide bonds. The zero-order valence-electron chi connectivity index (χ0n) is 28.1. The maximum absolute atomic E-state index is 14.7.